The fraction of sp³-hybridized carbons (Fsp3) is 0.600. The van der Waals surface area contributed by atoms with Gasteiger partial charge >= 0.3 is 0 Å². The van der Waals surface area contributed by atoms with Crippen molar-refractivity contribution < 1.29 is 19.0 Å². The summed E-state index contributed by atoms with van der Waals surface area (Å²) in [6.07, 6.45) is -0.360. The molecule has 1 aromatic rings. The second kappa shape index (κ2) is 5.01. The number of carbonyl (C=O) groups excluding carboxylic acids is 1. The van der Waals surface area contributed by atoms with Crippen LogP contribution in [-0.4, -0.2) is 37.7 Å². The Morgan fingerprint density at radius 2 is 2.25 bits per heavy atom. The smallest absolute Gasteiger partial charge is 0.216 e. The molecule has 0 amide bonds. The molecule has 0 aliphatic carbocycles. The van der Waals surface area contributed by atoms with Crippen molar-refractivity contribution in [1.29, 1.82) is 0 Å². The third kappa shape index (κ3) is 2.30. The van der Waals surface area contributed by atoms with E-state index < -0.39 is 0 Å². The van der Waals surface area contributed by atoms with E-state index >= 15 is 0 Å². The van der Waals surface area contributed by atoms with Crippen LogP contribution in [0.1, 0.15) is 26.7 Å². The minimum atomic E-state index is -0.360. The highest BCUT2D eigenvalue weighted by Crippen LogP contribution is 2.31. The van der Waals surface area contributed by atoms with Gasteiger partial charge in [-0.2, -0.15) is 0 Å². The van der Waals surface area contributed by atoms with Gasteiger partial charge in [-0.05, 0) is 6.92 Å². The summed E-state index contributed by atoms with van der Waals surface area (Å²) in [6.45, 7) is 3.08. The number of carbonyl (C=O) groups is 1. The van der Waals surface area contributed by atoms with E-state index in [1.165, 1.54) is 18.4 Å². The zero-order valence-corrected chi connectivity index (χ0v) is 10.0. The molecular formula is C10H13NO4S. The van der Waals surface area contributed by atoms with Gasteiger partial charge in [-0.25, -0.2) is 4.98 Å². The molecule has 0 bridgehead atoms. The summed E-state index contributed by atoms with van der Waals surface area (Å²) in [5.41, 5.74) is 0.788. The van der Waals surface area contributed by atoms with Crippen molar-refractivity contribution in [2.45, 2.75) is 13.2 Å². The van der Waals surface area contributed by atoms with Crippen molar-refractivity contribution in [3.63, 3.8) is 0 Å². The van der Waals surface area contributed by atoms with Crippen molar-refractivity contribution in [2.75, 3.05) is 26.9 Å². The molecule has 0 aromatic carbocycles. The molecule has 0 unspecified atom stereocenters. The summed E-state index contributed by atoms with van der Waals surface area (Å²) in [5.74, 6) is -0.111. The quantitative estimate of drug-likeness (QED) is 0.747. The molecule has 5 nitrogen and oxygen atoms in total. The van der Waals surface area contributed by atoms with Crippen LogP contribution < -0.4 is 0 Å². The van der Waals surface area contributed by atoms with E-state index in [4.69, 9.17) is 14.2 Å². The van der Waals surface area contributed by atoms with E-state index in [1.54, 1.807) is 0 Å². The maximum absolute atomic E-state index is 11.6. The van der Waals surface area contributed by atoms with Crippen LogP contribution in [0.15, 0.2) is 0 Å². The maximum atomic E-state index is 11.6. The summed E-state index contributed by atoms with van der Waals surface area (Å²) in [5, 5.41) is 0.452. The molecule has 0 N–H and O–H groups in total. The molecule has 88 valence electrons. The van der Waals surface area contributed by atoms with Crippen LogP contribution in [0.3, 0.4) is 0 Å². The van der Waals surface area contributed by atoms with Gasteiger partial charge in [0, 0.05) is 7.11 Å². The predicted octanol–water partition coefficient (Wildman–Crippen LogP) is 1.33. The van der Waals surface area contributed by atoms with Crippen LogP contribution in [0.4, 0.5) is 0 Å². The number of rotatable bonds is 4. The average molecular weight is 243 g/mol. The van der Waals surface area contributed by atoms with Gasteiger partial charge < -0.3 is 14.2 Å². The number of ketones is 1. The lowest BCUT2D eigenvalue weighted by Crippen LogP contribution is -2.06. The molecule has 2 rings (SSSR count). The normalized spacial score (nSPS) is 16.9. The fourth-order valence-corrected chi connectivity index (χ4v) is 2.44. The van der Waals surface area contributed by atoms with Crippen molar-refractivity contribution in [3.8, 4) is 0 Å². The number of aryl methyl sites for hydroxylation is 1. The number of nitrogens with zero attached hydrogens (tertiary/aromatic N) is 1. The highest BCUT2D eigenvalue weighted by molar-refractivity contribution is 7.13. The van der Waals surface area contributed by atoms with Crippen molar-refractivity contribution in [3.05, 3.63) is 15.6 Å². The largest absolute Gasteiger partial charge is 0.376 e. The summed E-state index contributed by atoms with van der Waals surface area (Å²) < 4.78 is 15.5. The molecule has 16 heavy (non-hydrogen) atoms. The van der Waals surface area contributed by atoms with Crippen LogP contribution in [0.5, 0.6) is 0 Å². The molecule has 1 aliphatic heterocycles. The van der Waals surface area contributed by atoms with Crippen molar-refractivity contribution >= 4 is 17.1 Å². The Labute approximate surface area is 97.3 Å². The second-order valence-corrected chi connectivity index (χ2v) is 4.43. The number of ether oxygens (including phenoxy) is 3. The third-order valence-electron chi connectivity index (χ3n) is 2.18. The van der Waals surface area contributed by atoms with Crippen LogP contribution >= 0.6 is 11.3 Å². The van der Waals surface area contributed by atoms with Gasteiger partial charge in [0.25, 0.3) is 0 Å². The topological polar surface area (TPSA) is 57.7 Å². The first-order chi connectivity index (χ1) is 7.72. The second-order valence-electron chi connectivity index (χ2n) is 3.40. The number of Topliss-reactive ketones (excluding diaryl/α,β-unsaturated/α-hetero) is 1. The zero-order chi connectivity index (χ0) is 11.5. The first kappa shape index (κ1) is 11.7. The Hall–Kier alpha value is -0.820. The highest BCUT2D eigenvalue weighted by Gasteiger charge is 2.25. The van der Waals surface area contributed by atoms with Gasteiger partial charge in [-0.15, -0.1) is 11.3 Å². The van der Waals surface area contributed by atoms with Crippen molar-refractivity contribution in [2.24, 2.45) is 0 Å². The Kier molecular flexibility index (Phi) is 3.65. The number of hydrogen-bond acceptors (Lipinski definition) is 6. The molecule has 1 fully saturated rings. The van der Waals surface area contributed by atoms with Crippen molar-refractivity contribution in [1.82, 2.24) is 4.98 Å². The summed E-state index contributed by atoms with van der Waals surface area (Å²) in [4.78, 5) is 16.6. The van der Waals surface area contributed by atoms with E-state index in [1.807, 2.05) is 6.92 Å². The van der Waals surface area contributed by atoms with Crippen LogP contribution in [-0.2, 0) is 14.2 Å². The molecule has 6 heteroatoms. The molecular weight excluding hydrogens is 230 g/mol. The Morgan fingerprint density at radius 1 is 1.56 bits per heavy atom. The minimum absolute atomic E-state index is 0.0543. The van der Waals surface area contributed by atoms with Crippen LogP contribution in [0.2, 0.25) is 0 Å². The highest BCUT2D eigenvalue weighted by atomic mass is 32.1. The first-order valence-corrected chi connectivity index (χ1v) is 5.76. The van der Waals surface area contributed by atoms with Crippen LogP contribution in [0.25, 0.3) is 0 Å². The van der Waals surface area contributed by atoms with Gasteiger partial charge in [0.15, 0.2) is 11.3 Å². The minimum Gasteiger partial charge on any atom is -0.376 e. The van der Waals surface area contributed by atoms with Crippen LogP contribution in [0, 0.1) is 6.92 Å². The standard InChI is InChI=1S/C10H13NO4S/c1-6-8(10-14-3-4-15-10)16-9(11-6)7(12)5-13-2/h10H,3-5H2,1-2H3. The third-order valence-corrected chi connectivity index (χ3v) is 3.40. The van der Waals surface area contributed by atoms with Gasteiger partial charge in [-0.3, -0.25) is 4.79 Å². The summed E-state index contributed by atoms with van der Waals surface area (Å²) in [7, 11) is 1.49. The maximum Gasteiger partial charge on any atom is 0.216 e. The number of aromatic nitrogens is 1. The summed E-state index contributed by atoms with van der Waals surface area (Å²) in [6, 6.07) is 0. The molecule has 0 spiro atoms. The van der Waals surface area contributed by atoms with E-state index in [0.29, 0.717) is 18.2 Å². The molecule has 0 saturated carbocycles. The lowest BCUT2D eigenvalue weighted by molar-refractivity contribution is -0.0418. The predicted molar refractivity (Wildman–Crippen MR) is 57.7 cm³/mol. The SMILES string of the molecule is COCC(=O)c1nc(C)c(C2OCCO2)s1. The first-order valence-electron chi connectivity index (χ1n) is 4.95. The number of hydrogen-bond donors (Lipinski definition) is 0. The average Bonchev–Trinajstić information content (AvgIpc) is 2.86. The molecule has 1 saturated heterocycles. The van der Waals surface area contributed by atoms with Gasteiger partial charge in [0.2, 0.25) is 5.78 Å². The van der Waals surface area contributed by atoms with Gasteiger partial charge in [0.05, 0.1) is 23.8 Å². The molecule has 1 aliphatic rings. The lowest BCUT2D eigenvalue weighted by Gasteiger charge is -2.05. The van der Waals surface area contributed by atoms with E-state index in [2.05, 4.69) is 4.98 Å². The van der Waals surface area contributed by atoms with E-state index in [0.717, 1.165) is 10.6 Å². The molecule has 2 heterocycles. The zero-order valence-electron chi connectivity index (χ0n) is 9.19. The van der Waals surface area contributed by atoms with E-state index in [9.17, 15) is 4.79 Å². The van der Waals surface area contributed by atoms with Gasteiger partial charge in [-0.1, -0.05) is 0 Å². The van der Waals surface area contributed by atoms with Gasteiger partial charge in [0.1, 0.15) is 6.61 Å². The Balaban J connectivity index is 2.17. The molecule has 0 radical (unpaired) electrons. The number of methoxy groups -OCH3 is 1. The molecule has 1 aromatic heterocycles. The monoisotopic (exact) mass is 243 g/mol. The molecule has 0 atom stereocenters. The fourth-order valence-electron chi connectivity index (χ4n) is 1.45. The summed E-state index contributed by atoms with van der Waals surface area (Å²) >= 11 is 1.31. The number of thiazole rings is 1. The lowest BCUT2D eigenvalue weighted by atomic mass is 10.4. The Morgan fingerprint density at radius 3 is 2.88 bits per heavy atom. The Bertz CT molecular complexity index is 384. The van der Waals surface area contributed by atoms with E-state index in [-0.39, 0.29) is 18.7 Å².